The van der Waals surface area contributed by atoms with Crippen molar-refractivity contribution >= 4 is 41.3 Å². The minimum atomic E-state index is -0.104. The molecule has 29 heavy (non-hydrogen) atoms. The Labute approximate surface area is 194 Å². The van der Waals surface area contributed by atoms with Gasteiger partial charge in [0.25, 0.3) is 0 Å². The second-order valence-electron chi connectivity index (χ2n) is 7.25. The number of aromatic nitrogens is 1. The summed E-state index contributed by atoms with van der Waals surface area (Å²) in [4.78, 5) is 12.6. The highest BCUT2D eigenvalue weighted by Gasteiger charge is 2.20. The van der Waals surface area contributed by atoms with Gasteiger partial charge in [0.15, 0.2) is 5.96 Å². The molecule has 1 aliphatic heterocycles. The molecule has 1 aliphatic rings. The van der Waals surface area contributed by atoms with Gasteiger partial charge in [-0.25, -0.2) is 14.4 Å². The van der Waals surface area contributed by atoms with Crippen LogP contribution in [0.5, 0.6) is 0 Å². The van der Waals surface area contributed by atoms with Gasteiger partial charge in [-0.15, -0.1) is 35.3 Å². The number of aliphatic imine (C=N–C) groups is 1. The lowest BCUT2D eigenvalue weighted by atomic mass is 9.96. The Morgan fingerprint density at radius 3 is 2.69 bits per heavy atom. The molecule has 0 unspecified atom stereocenters. The summed E-state index contributed by atoms with van der Waals surface area (Å²) in [5, 5.41) is 7.83. The van der Waals surface area contributed by atoms with Gasteiger partial charge in [0, 0.05) is 36.3 Å². The number of likely N-dealkylation sites (tertiary alicyclic amines) is 1. The lowest BCUT2D eigenvalue weighted by Gasteiger charge is -2.32. The van der Waals surface area contributed by atoms with E-state index in [9.17, 15) is 4.39 Å². The summed E-state index contributed by atoms with van der Waals surface area (Å²) in [6.07, 6.45) is 4.13. The minimum absolute atomic E-state index is 0. The van der Waals surface area contributed by atoms with Crippen LogP contribution in [0.2, 0.25) is 0 Å². The normalized spacial score (nSPS) is 15.8. The van der Waals surface area contributed by atoms with Gasteiger partial charge in [-0.1, -0.05) is 18.2 Å². The second-order valence-corrected chi connectivity index (χ2v) is 8.57. The molecule has 5 nitrogen and oxygen atoms in total. The van der Waals surface area contributed by atoms with E-state index in [0.29, 0.717) is 19.0 Å². The summed E-state index contributed by atoms with van der Waals surface area (Å²) in [5.41, 5.74) is 0.790. The van der Waals surface area contributed by atoms with Gasteiger partial charge in [-0.05, 0) is 51.8 Å². The maximum atomic E-state index is 13.8. The lowest BCUT2D eigenvalue weighted by molar-refractivity contribution is 0.176. The number of rotatable bonds is 7. The van der Waals surface area contributed by atoms with E-state index in [4.69, 9.17) is 0 Å². The SMILES string of the molecule is CCNC(=NCc1ncc(C)s1)NCC1CCN(Cc2ccccc2F)CC1.I. The molecular formula is C21H31FIN5S. The Morgan fingerprint density at radius 1 is 1.28 bits per heavy atom. The zero-order chi connectivity index (χ0) is 19.8. The van der Waals surface area contributed by atoms with Gasteiger partial charge < -0.3 is 10.6 Å². The molecule has 3 rings (SSSR count). The van der Waals surface area contributed by atoms with E-state index in [1.54, 1.807) is 23.5 Å². The summed E-state index contributed by atoms with van der Waals surface area (Å²) in [5.74, 6) is 1.36. The van der Waals surface area contributed by atoms with Crippen LogP contribution in [0.4, 0.5) is 4.39 Å². The molecule has 8 heteroatoms. The van der Waals surface area contributed by atoms with Crippen molar-refractivity contribution in [2.24, 2.45) is 10.9 Å². The van der Waals surface area contributed by atoms with Gasteiger partial charge >= 0.3 is 0 Å². The highest BCUT2D eigenvalue weighted by atomic mass is 127. The number of aryl methyl sites for hydroxylation is 1. The summed E-state index contributed by atoms with van der Waals surface area (Å²) >= 11 is 1.69. The first-order valence-corrected chi connectivity index (χ1v) is 10.8. The molecule has 0 amide bonds. The number of benzene rings is 1. The summed E-state index contributed by atoms with van der Waals surface area (Å²) < 4.78 is 13.8. The fourth-order valence-corrected chi connectivity index (χ4v) is 4.13. The number of nitrogens with zero attached hydrogens (tertiary/aromatic N) is 3. The van der Waals surface area contributed by atoms with E-state index in [-0.39, 0.29) is 29.8 Å². The number of guanidine groups is 1. The second kappa shape index (κ2) is 12.4. The van der Waals surface area contributed by atoms with Crippen LogP contribution in [0, 0.1) is 18.7 Å². The molecule has 0 bridgehead atoms. The molecule has 0 saturated carbocycles. The highest BCUT2D eigenvalue weighted by Crippen LogP contribution is 2.19. The van der Waals surface area contributed by atoms with Crippen molar-refractivity contribution in [2.75, 3.05) is 26.2 Å². The third-order valence-corrected chi connectivity index (χ3v) is 5.90. The van der Waals surface area contributed by atoms with Crippen molar-refractivity contribution in [3.05, 3.63) is 51.7 Å². The largest absolute Gasteiger partial charge is 0.357 e. The van der Waals surface area contributed by atoms with Crippen molar-refractivity contribution in [1.29, 1.82) is 0 Å². The molecular weight excluding hydrogens is 500 g/mol. The predicted molar refractivity (Wildman–Crippen MR) is 129 cm³/mol. The third-order valence-electron chi connectivity index (χ3n) is 5.00. The van der Waals surface area contributed by atoms with Gasteiger partial charge in [-0.2, -0.15) is 0 Å². The van der Waals surface area contributed by atoms with E-state index in [1.807, 2.05) is 18.3 Å². The van der Waals surface area contributed by atoms with Crippen LogP contribution in [0.3, 0.4) is 0 Å². The first-order valence-electron chi connectivity index (χ1n) is 10.0. The molecule has 0 aliphatic carbocycles. The number of hydrogen-bond acceptors (Lipinski definition) is 4. The van der Waals surface area contributed by atoms with Crippen molar-refractivity contribution in [1.82, 2.24) is 20.5 Å². The quantitative estimate of drug-likeness (QED) is 0.320. The average molecular weight is 531 g/mol. The molecule has 2 aromatic rings. The van der Waals surface area contributed by atoms with Crippen LogP contribution in [-0.2, 0) is 13.1 Å². The van der Waals surface area contributed by atoms with E-state index in [2.05, 4.69) is 39.4 Å². The summed E-state index contributed by atoms with van der Waals surface area (Å²) in [6, 6.07) is 7.08. The molecule has 0 atom stereocenters. The number of thiazole rings is 1. The Bertz CT molecular complexity index is 774. The first kappa shape index (κ1) is 24.0. The first-order chi connectivity index (χ1) is 13.6. The Hall–Kier alpha value is -1.26. The van der Waals surface area contributed by atoms with Crippen LogP contribution >= 0.6 is 35.3 Å². The molecule has 0 spiro atoms. The third kappa shape index (κ3) is 7.82. The predicted octanol–water partition coefficient (Wildman–Crippen LogP) is 4.18. The van der Waals surface area contributed by atoms with E-state index >= 15 is 0 Å². The lowest BCUT2D eigenvalue weighted by Crippen LogP contribution is -2.42. The molecule has 1 aromatic heterocycles. The molecule has 1 saturated heterocycles. The van der Waals surface area contributed by atoms with E-state index < -0.39 is 0 Å². The van der Waals surface area contributed by atoms with Crippen LogP contribution in [0.1, 0.15) is 35.2 Å². The molecule has 1 aromatic carbocycles. The van der Waals surface area contributed by atoms with Crippen molar-refractivity contribution < 1.29 is 4.39 Å². The molecule has 2 N–H and O–H groups in total. The van der Waals surface area contributed by atoms with Gasteiger partial charge in [-0.3, -0.25) is 4.90 Å². The zero-order valence-corrected chi connectivity index (χ0v) is 20.3. The van der Waals surface area contributed by atoms with Crippen LogP contribution in [0.15, 0.2) is 35.5 Å². The van der Waals surface area contributed by atoms with Crippen molar-refractivity contribution in [3.63, 3.8) is 0 Å². The monoisotopic (exact) mass is 531 g/mol. The summed E-state index contributed by atoms with van der Waals surface area (Å²) in [7, 11) is 0. The number of hydrogen-bond donors (Lipinski definition) is 2. The topological polar surface area (TPSA) is 52.6 Å². The number of halogens is 2. The standard InChI is InChI=1S/C21H30FN5S.HI/c1-3-23-21(26-14-20-24-12-16(2)28-20)25-13-17-8-10-27(11-9-17)15-18-6-4-5-7-19(18)22;/h4-7,12,17H,3,8-11,13-15H2,1-2H3,(H2,23,25,26);1H. The van der Waals surface area contributed by atoms with Crippen LogP contribution < -0.4 is 10.6 Å². The fraction of sp³-hybridized carbons (Fsp3) is 0.524. The average Bonchev–Trinajstić information content (AvgIpc) is 3.12. The van der Waals surface area contributed by atoms with E-state index in [0.717, 1.165) is 55.6 Å². The Kier molecular flexibility index (Phi) is 10.3. The van der Waals surface area contributed by atoms with Crippen molar-refractivity contribution in [3.8, 4) is 0 Å². The van der Waals surface area contributed by atoms with Crippen LogP contribution in [-0.4, -0.2) is 42.0 Å². The maximum absolute atomic E-state index is 13.8. The highest BCUT2D eigenvalue weighted by molar-refractivity contribution is 14.0. The van der Waals surface area contributed by atoms with Gasteiger partial charge in [0.2, 0.25) is 0 Å². The van der Waals surface area contributed by atoms with Gasteiger partial charge in [0.05, 0.1) is 6.54 Å². The van der Waals surface area contributed by atoms with Crippen molar-refractivity contribution in [2.45, 2.75) is 39.8 Å². The smallest absolute Gasteiger partial charge is 0.191 e. The minimum Gasteiger partial charge on any atom is -0.357 e. The van der Waals surface area contributed by atoms with Gasteiger partial charge in [0.1, 0.15) is 10.8 Å². The Balaban J connectivity index is 0.00000300. The molecule has 160 valence electrons. The zero-order valence-electron chi connectivity index (χ0n) is 17.2. The van der Waals surface area contributed by atoms with Crippen LogP contribution in [0.25, 0.3) is 0 Å². The maximum Gasteiger partial charge on any atom is 0.191 e. The number of piperidine rings is 1. The number of nitrogens with one attached hydrogen (secondary N) is 2. The molecule has 2 heterocycles. The molecule has 0 radical (unpaired) electrons. The Morgan fingerprint density at radius 2 is 2.03 bits per heavy atom. The fourth-order valence-electron chi connectivity index (χ4n) is 3.42. The van der Waals surface area contributed by atoms with E-state index in [1.165, 1.54) is 4.88 Å². The summed E-state index contributed by atoms with van der Waals surface area (Å²) in [6.45, 7) is 9.21. The molecule has 1 fully saturated rings.